The predicted molar refractivity (Wildman–Crippen MR) is 139 cm³/mol. The topological polar surface area (TPSA) is 0 Å². The van der Waals surface area contributed by atoms with Crippen LogP contribution in [0.5, 0.6) is 0 Å². The molecule has 32 heavy (non-hydrogen) atoms. The van der Waals surface area contributed by atoms with Crippen molar-refractivity contribution in [1.29, 1.82) is 0 Å². The molecule has 5 aliphatic rings. The molecule has 5 rings (SSSR count). The molecule has 0 heteroatoms. The fourth-order valence-electron chi connectivity index (χ4n) is 8.11. The lowest BCUT2D eigenvalue weighted by Gasteiger charge is -2.49. The van der Waals surface area contributed by atoms with Gasteiger partial charge < -0.3 is 0 Å². The van der Waals surface area contributed by atoms with Crippen molar-refractivity contribution in [2.75, 3.05) is 0 Å². The smallest absolute Gasteiger partial charge is 0.00177 e. The molecule has 2 atom stereocenters. The molecule has 1 saturated carbocycles. The van der Waals surface area contributed by atoms with E-state index >= 15 is 0 Å². The molecular formula is C32H48. The van der Waals surface area contributed by atoms with Crippen LogP contribution in [-0.4, -0.2) is 0 Å². The van der Waals surface area contributed by atoms with Crippen LogP contribution >= 0.6 is 0 Å². The molecule has 0 aromatic heterocycles. The minimum Gasteiger partial charge on any atom is -0.0853 e. The molecule has 0 amide bonds. The van der Waals surface area contributed by atoms with E-state index < -0.39 is 0 Å². The van der Waals surface area contributed by atoms with Gasteiger partial charge in [-0.25, -0.2) is 0 Å². The second-order valence-electron chi connectivity index (χ2n) is 12.0. The van der Waals surface area contributed by atoms with Crippen LogP contribution in [0.2, 0.25) is 0 Å². The summed E-state index contributed by atoms with van der Waals surface area (Å²) in [7, 11) is 0. The van der Waals surface area contributed by atoms with Crippen LogP contribution in [0.1, 0.15) is 135 Å². The van der Waals surface area contributed by atoms with Crippen LogP contribution in [0.25, 0.3) is 0 Å². The van der Waals surface area contributed by atoms with E-state index in [4.69, 9.17) is 0 Å². The molecule has 0 radical (unpaired) electrons. The highest BCUT2D eigenvalue weighted by Gasteiger charge is 2.45. The molecule has 0 bridgehead atoms. The number of allylic oxidation sites excluding steroid dienone is 8. The SMILES string of the molecule is C1=C(CC2=CCCC(CC3CCCCC3)C2(CC2=CCCC2)CC2=CCCCC2)CCC1. The molecule has 0 aromatic carbocycles. The molecule has 1 fully saturated rings. The first-order valence-corrected chi connectivity index (χ1v) is 14.5. The minimum absolute atomic E-state index is 0.429. The summed E-state index contributed by atoms with van der Waals surface area (Å²) in [6.45, 7) is 0. The van der Waals surface area contributed by atoms with Gasteiger partial charge in [0.2, 0.25) is 0 Å². The van der Waals surface area contributed by atoms with Gasteiger partial charge in [0.1, 0.15) is 0 Å². The van der Waals surface area contributed by atoms with E-state index in [0.717, 1.165) is 11.8 Å². The largest absolute Gasteiger partial charge is 0.0853 e. The van der Waals surface area contributed by atoms with Gasteiger partial charge in [-0.05, 0) is 115 Å². The maximum absolute atomic E-state index is 2.76. The fourth-order valence-corrected chi connectivity index (χ4v) is 8.11. The van der Waals surface area contributed by atoms with Gasteiger partial charge >= 0.3 is 0 Å². The van der Waals surface area contributed by atoms with Crippen molar-refractivity contribution in [2.24, 2.45) is 17.3 Å². The molecule has 0 heterocycles. The fraction of sp³-hybridized carbons (Fsp3) is 0.750. The molecule has 2 unspecified atom stereocenters. The molecule has 5 aliphatic carbocycles. The van der Waals surface area contributed by atoms with Gasteiger partial charge in [0.05, 0.1) is 0 Å². The molecule has 0 N–H and O–H groups in total. The highest BCUT2D eigenvalue weighted by molar-refractivity contribution is 5.32. The minimum atomic E-state index is 0.429. The summed E-state index contributed by atoms with van der Waals surface area (Å²) in [4.78, 5) is 0. The van der Waals surface area contributed by atoms with Gasteiger partial charge in [0.15, 0.2) is 0 Å². The Kier molecular flexibility index (Phi) is 7.76. The van der Waals surface area contributed by atoms with E-state index in [9.17, 15) is 0 Å². The molecule has 176 valence electrons. The third-order valence-corrected chi connectivity index (χ3v) is 9.83. The molecule has 0 aromatic rings. The Balaban J connectivity index is 1.48. The zero-order valence-electron chi connectivity index (χ0n) is 20.8. The van der Waals surface area contributed by atoms with E-state index in [-0.39, 0.29) is 0 Å². The Morgan fingerprint density at radius 1 is 0.594 bits per heavy atom. The van der Waals surface area contributed by atoms with Gasteiger partial charge in [0.25, 0.3) is 0 Å². The maximum atomic E-state index is 2.76. The third kappa shape index (κ3) is 5.37. The van der Waals surface area contributed by atoms with Gasteiger partial charge in [-0.15, -0.1) is 0 Å². The van der Waals surface area contributed by atoms with E-state index in [0.29, 0.717) is 5.41 Å². The van der Waals surface area contributed by atoms with Gasteiger partial charge in [-0.1, -0.05) is 78.7 Å². The second-order valence-corrected chi connectivity index (χ2v) is 12.0. The molecular weight excluding hydrogens is 384 g/mol. The van der Waals surface area contributed by atoms with E-state index in [1.54, 1.807) is 5.57 Å². The average Bonchev–Trinajstić information content (AvgIpc) is 3.52. The van der Waals surface area contributed by atoms with Crippen LogP contribution in [0.15, 0.2) is 46.6 Å². The van der Waals surface area contributed by atoms with Crippen molar-refractivity contribution < 1.29 is 0 Å². The van der Waals surface area contributed by atoms with Crippen molar-refractivity contribution in [3.8, 4) is 0 Å². The standard InChI is InChI=1S/C32H48/c1-3-12-26(13-4-1)22-30-20-11-21-31(23-27-14-7-8-15-27)32(30,25-29-18-9-10-19-29)24-28-16-5-2-6-17-28/h14,16,18,21,26,30H,1-13,15,17,19-20,22-25H2. The van der Waals surface area contributed by atoms with Gasteiger partial charge in [0, 0.05) is 5.41 Å². The van der Waals surface area contributed by atoms with Crippen LogP contribution in [0.4, 0.5) is 0 Å². The monoisotopic (exact) mass is 432 g/mol. The summed E-state index contributed by atoms with van der Waals surface area (Å²) in [6.07, 6.45) is 40.4. The first kappa shape index (κ1) is 22.7. The summed E-state index contributed by atoms with van der Waals surface area (Å²) in [5, 5.41) is 0. The lowest BCUT2D eigenvalue weighted by molar-refractivity contribution is 0.130. The second kappa shape index (κ2) is 10.9. The van der Waals surface area contributed by atoms with E-state index in [1.807, 2.05) is 16.7 Å². The Labute approximate surface area is 198 Å². The normalized spacial score (nSPS) is 31.8. The van der Waals surface area contributed by atoms with Crippen LogP contribution < -0.4 is 0 Å². The first-order chi connectivity index (χ1) is 15.8. The summed E-state index contributed by atoms with van der Waals surface area (Å²) < 4.78 is 0. The number of hydrogen-bond donors (Lipinski definition) is 0. The zero-order chi connectivity index (χ0) is 21.6. The Morgan fingerprint density at radius 3 is 1.91 bits per heavy atom. The Morgan fingerprint density at radius 2 is 1.25 bits per heavy atom. The van der Waals surface area contributed by atoms with Crippen molar-refractivity contribution in [3.05, 3.63) is 46.6 Å². The van der Waals surface area contributed by atoms with Crippen LogP contribution in [-0.2, 0) is 0 Å². The Hall–Kier alpha value is -1.04. The maximum Gasteiger partial charge on any atom is 0.00177 e. The quantitative estimate of drug-likeness (QED) is 0.335. The summed E-state index contributed by atoms with van der Waals surface area (Å²) in [5.74, 6) is 1.92. The van der Waals surface area contributed by atoms with E-state index in [1.165, 1.54) is 135 Å². The highest BCUT2D eigenvalue weighted by Crippen LogP contribution is 2.57. The lowest BCUT2D eigenvalue weighted by Crippen LogP contribution is -2.38. The van der Waals surface area contributed by atoms with Crippen LogP contribution in [0, 0.1) is 17.3 Å². The first-order valence-electron chi connectivity index (χ1n) is 14.5. The molecule has 0 spiro atoms. The summed E-state index contributed by atoms with van der Waals surface area (Å²) in [6, 6.07) is 0. The van der Waals surface area contributed by atoms with Gasteiger partial charge in [-0.2, -0.15) is 0 Å². The molecule has 0 aliphatic heterocycles. The van der Waals surface area contributed by atoms with Crippen molar-refractivity contribution in [3.63, 3.8) is 0 Å². The highest BCUT2D eigenvalue weighted by atomic mass is 14.5. The van der Waals surface area contributed by atoms with Gasteiger partial charge in [-0.3, -0.25) is 0 Å². The average molecular weight is 433 g/mol. The molecule has 0 saturated heterocycles. The summed E-state index contributed by atoms with van der Waals surface area (Å²) >= 11 is 0. The number of hydrogen-bond acceptors (Lipinski definition) is 0. The zero-order valence-corrected chi connectivity index (χ0v) is 20.8. The van der Waals surface area contributed by atoms with Crippen LogP contribution in [0.3, 0.4) is 0 Å². The third-order valence-electron chi connectivity index (χ3n) is 9.83. The van der Waals surface area contributed by atoms with Crippen molar-refractivity contribution in [2.45, 2.75) is 135 Å². The number of rotatable bonds is 8. The molecule has 0 nitrogen and oxygen atoms in total. The van der Waals surface area contributed by atoms with Crippen molar-refractivity contribution >= 4 is 0 Å². The Bertz CT molecular complexity index is 753. The van der Waals surface area contributed by atoms with E-state index in [2.05, 4.69) is 24.3 Å². The lowest BCUT2D eigenvalue weighted by atomic mass is 9.55. The van der Waals surface area contributed by atoms with Crippen molar-refractivity contribution in [1.82, 2.24) is 0 Å². The summed E-state index contributed by atoms with van der Waals surface area (Å²) in [5.41, 5.74) is 7.74. The predicted octanol–water partition coefficient (Wildman–Crippen LogP) is 10.2.